The molecule has 0 aromatic heterocycles. The van der Waals surface area contributed by atoms with Gasteiger partial charge in [0.05, 0.1) is 5.41 Å². The third-order valence-electron chi connectivity index (χ3n) is 4.92. The highest BCUT2D eigenvalue weighted by molar-refractivity contribution is 6.30. The van der Waals surface area contributed by atoms with Gasteiger partial charge in [-0.2, -0.15) is 0 Å². The van der Waals surface area contributed by atoms with Crippen LogP contribution in [0, 0.1) is 0 Å². The molecule has 22 heavy (non-hydrogen) atoms. The van der Waals surface area contributed by atoms with Crippen molar-refractivity contribution in [1.82, 2.24) is 10.2 Å². The highest BCUT2D eigenvalue weighted by Crippen LogP contribution is 2.41. The molecule has 1 aromatic carbocycles. The van der Waals surface area contributed by atoms with Crippen LogP contribution in [0.1, 0.15) is 37.7 Å². The smallest absolute Gasteiger partial charge is 0.233 e. The Balaban J connectivity index is 0.00000176. The third-order valence-corrected chi connectivity index (χ3v) is 5.17. The molecule has 1 saturated heterocycles. The molecule has 0 spiro atoms. The predicted molar refractivity (Wildman–Crippen MR) is 92.9 cm³/mol. The number of carbonyl (C=O) groups is 1. The molecule has 1 aliphatic heterocycles. The van der Waals surface area contributed by atoms with Gasteiger partial charge < -0.3 is 10.2 Å². The SMILES string of the molecule is Cl.O=C(N1CCNCC1)C1(c2ccc(Cl)cc2)CCCCC1. The highest BCUT2D eigenvalue weighted by atomic mass is 35.5. The van der Waals surface area contributed by atoms with Crippen molar-refractivity contribution in [1.29, 1.82) is 0 Å². The van der Waals surface area contributed by atoms with E-state index in [1.807, 2.05) is 24.3 Å². The van der Waals surface area contributed by atoms with E-state index < -0.39 is 0 Å². The number of hydrogen-bond donors (Lipinski definition) is 1. The van der Waals surface area contributed by atoms with Crippen molar-refractivity contribution in [2.24, 2.45) is 0 Å². The number of nitrogens with zero attached hydrogens (tertiary/aromatic N) is 1. The van der Waals surface area contributed by atoms with Gasteiger partial charge in [-0.1, -0.05) is 43.0 Å². The second kappa shape index (κ2) is 7.67. The van der Waals surface area contributed by atoms with Crippen molar-refractivity contribution in [3.05, 3.63) is 34.9 Å². The third kappa shape index (κ3) is 3.42. The molecule has 0 bridgehead atoms. The fourth-order valence-corrected chi connectivity index (χ4v) is 3.85. The molecule has 1 aromatic rings. The minimum Gasteiger partial charge on any atom is -0.339 e. The van der Waals surface area contributed by atoms with Crippen molar-refractivity contribution < 1.29 is 4.79 Å². The summed E-state index contributed by atoms with van der Waals surface area (Å²) >= 11 is 6.02. The average molecular weight is 343 g/mol. The molecule has 2 aliphatic rings. The zero-order valence-corrected chi connectivity index (χ0v) is 14.4. The van der Waals surface area contributed by atoms with E-state index in [9.17, 15) is 4.79 Å². The molecule has 122 valence electrons. The van der Waals surface area contributed by atoms with Gasteiger partial charge in [-0.05, 0) is 30.5 Å². The summed E-state index contributed by atoms with van der Waals surface area (Å²) in [5.41, 5.74) is 0.829. The van der Waals surface area contributed by atoms with Crippen molar-refractivity contribution >= 4 is 29.9 Å². The van der Waals surface area contributed by atoms with Crippen molar-refractivity contribution in [2.45, 2.75) is 37.5 Å². The van der Waals surface area contributed by atoms with E-state index in [0.29, 0.717) is 5.91 Å². The van der Waals surface area contributed by atoms with E-state index in [2.05, 4.69) is 10.2 Å². The van der Waals surface area contributed by atoms with E-state index in [1.165, 1.54) is 6.42 Å². The summed E-state index contributed by atoms with van der Waals surface area (Å²) in [5, 5.41) is 4.06. The molecule has 3 nitrogen and oxygen atoms in total. The second-order valence-corrected chi connectivity index (χ2v) is 6.63. The molecule has 5 heteroatoms. The zero-order chi connectivity index (χ0) is 14.7. The van der Waals surface area contributed by atoms with Gasteiger partial charge in [0, 0.05) is 31.2 Å². The fraction of sp³-hybridized carbons (Fsp3) is 0.588. The molecule has 1 heterocycles. The van der Waals surface area contributed by atoms with Gasteiger partial charge in [-0.25, -0.2) is 0 Å². The standard InChI is InChI=1S/C17H23ClN2O.ClH/c18-15-6-4-14(5-7-15)17(8-2-1-3-9-17)16(21)20-12-10-19-11-13-20;/h4-7,19H,1-3,8-13H2;1H. The molecule has 0 unspecified atom stereocenters. The van der Waals surface area contributed by atoms with Gasteiger partial charge in [-0.15, -0.1) is 12.4 Å². The van der Waals surface area contributed by atoms with Crippen LogP contribution in [0.4, 0.5) is 0 Å². The largest absolute Gasteiger partial charge is 0.339 e. The number of carbonyl (C=O) groups excluding carboxylic acids is 1. The van der Waals surface area contributed by atoms with Crippen LogP contribution in [0.25, 0.3) is 0 Å². The molecule has 1 N–H and O–H groups in total. The number of benzene rings is 1. The fourth-order valence-electron chi connectivity index (χ4n) is 3.72. The Morgan fingerprint density at radius 1 is 1.05 bits per heavy atom. The molecule has 0 radical (unpaired) electrons. The van der Waals surface area contributed by atoms with Crippen LogP contribution >= 0.6 is 24.0 Å². The lowest BCUT2D eigenvalue weighted by atomic mass is 9.68. The quantitative estimate of drug-likeness (QED) is 0.893. The van der Waals surface area contributed by atoms with Crippen molar-refractivity contribution in [3.63, 3.8) is 0 Å². The molecule has 0 atom stereocenters. The maximum absolute atomic E-state index is 13.2. The Hall–Kier alpha value is -0.770. The summed E-state index contributed by atoms with van der Waals surface area (Å²) in [6.45, 7) is 3.47. The summed E-state index contributed by atoms with van der Waals surface area (Å²) in [6, 6.07) is 7.93. The number of piperazine rings is 1. The molecule has 3 rings (SSSR count). The molecular formula is C17H24Cl2N2O. The summed E-state index contributed by atoms with van der Waals surface area (Å²) < 4.78 is 0. The molecule has 1 saturated carbocycles. The first-order valence-electron chi connectivity index (χ1n) is 7.98. The van der Waals surface area contributed by atoms with Gasteiger partial charge in [0.25, 0.3) is 0 Å². The normalized spacial score (nSPS) is 21.0. The number of hydrogen-bond acceptors (Lipinski definition) is 2. The lowest BCUT2D eigenvalue weighted by Gasteiger charge is -2.41. The van der Waals surface area contributed by atoms with Crippen LogP contribution in [0.3, 0.4) is 0 Å². The Morgan fingerprint density at radius 3 is 2.23 bits per heavy atom. The van der Waals surface area contributed by atoms with Crippen molar-refractivity contribution in [3.8, 4) is 0 Å². The maximum atomic E-state index is 13.2. The van der Waals surface area contributed by atoms with E-state index in [1.54, 1.807) is 0 Å². The summed E-state index contributed by atoms with van der Waals surface area (Å²) in [6.07, 6.45) is 5.46. The van der Waals surface area contributed by atoms with Crippen LogP contribution in [-0.4, -0.2) is 37.0 Å². The number of nitrogens with one attached hydrogen (secondary N) is 1. The number of rotatable bonds is 2. The Morgan fingerprint density at radius 2 is 1.64 bits per heavy atom. The molecule has 1 amide bonds. The van der Waals surface area contributed by atoms with E-state index in [-0.39, 0.29) is 17.8 Å². The topological polar surface area (TPSA) is 32.3 Å². The monoisotopic (exact) mass is 342 g/mol. The van der Waals surface area contributed by atoms with Crippen LogP contribution in [0.15, 0.2) is 24.3 Å². The lowest BCUT2D eigenvalue weighted by molar-refractivity contribution is -0.139. The molecule has 2 fully saturated rings. The Bertz CT molecular complexity index is 492. The molecular weight excluding hydrogens is 319 g/mol. The van der Waals surface area contributed by atoms with Gasteiger partial charge in [-0.3, -0.25) is 4.79 Å². The summed E-state index contributed by atoms with van der Waals surface area (Å²) in [4.78, 5) is 15.3. The minimum absolute atomic E-state index is 0. The second-order valence-electron chi connectivity index (χ2n) is 6.19. The van der Waals surface area contributed by atoms with Crippen molar-refractivity contribution in [2.75, 3.05) is 26.2 Å². The first kappa shape index (κ1) is 17.6. The van der Waals surface area contributed by atoms with Crippen LogP contribution in [-0.2, 0) is 10.2 Å². The first-order chi connectivity index (χ1) is 10.2. The van der Waals surface area contributed by atoms with Crippen LogP contribution in [0.5, 0.6) is 0 Å². The van der Waals surface area contributed by atoms with Gasteiger partial charge in [0.1, 0.15) is 0 Å². The first-order valence-corrected chi connectivity index (χ1v) is 8.36. The Labute approximate surface area is 143 Å². The van der Waals surface area contributed by atoms with E-state index in [0.717, 1.165) is 62.4 Å². The minimum atomic E-state index is -0.319. The molecule has 1 aliphatic carbocycles. The zero-order valence-electron chi connectivity index (χ0n) is 12.8. The van der Waals surface area contributed by atoms with Gasteiger partial charge >= 0.3 is 0 Å². The lowest BCUT2D eigenvalue weighted by Crippen LogP contribution is -2.54. The summed E-state index contributed by atoms with van der Waals surface area (Å²) in [7, 11) is 0. The van der Waals surface area contributed by atoms with Crippen LogP contribution in [0.2, 0.25) is 5.02 Å². The van der Waals surface area contributed by atoms with Gasteiger partial charge in [0.2, 0.25) is 5.91 Å². The highest BCUT2D eigenvalue weighted by Gasteiger charge is 2.43. The Kier molecular flexibility index (Phi) is 6.13. The van der Waals surface area contributed by atoms with E-state index in [4.69, 9.17) is 11.6 Å². The maximum Gasteiger partial charge on any atom is 0.233 e. The average Bonchev–Trinajstić information content (AvgIpc) is 2.56. The predicted octanol–water partition coefficient (Wildman–Crippen LogP) is 3.40. The van der Waals surface area contributed by atoms with E-state index >= 15 is 0 Å². The van der Waals surface area contributed by atoms with Gasteiger partial charge in [0.15, 0.2) is 0 Å². The number of amides is 1. The summed E-state index contributed by atoms with van der Waals surface area (Å²) in [5.74, 6) is 0.325. The number of halogens is 2. The van der Waals surface area contributed by atoms with Crippen LogP contribution < -0.4 is 5.32 Å².